The zero-order valence-electron chi connectivity index (χ0n) is 26.6. The Bertz CT molecular complexity index is 1630. The lowest BCUT2D eigenvalue weighted by atomic mass is 9.89. The molecule has 2 aliphatic rings. The molecule has 0 unspecified atom stereocenters. The normalized spacial score (nSPS) is 15.5. The molecule has 2 aliphatic heterocycles. The summed E-state index contributed by atoms with van der Waals surface area (Å²) in [5.41, 5.74) is 3.66. The summed E-state index contributed by atoms with van der Waals surface area (Å²) >= 11 is 0. The molecule has 44 heavy (non-hydrogen) atoms. The van der Waals surface area contributed by atoms with Crippen molar-refractivity contribution in [3.05, 3.63) is 81.7 Å². The first kappa shape index (κ1) is 31.3. The van der Waals surface area contributed by atoms with E-state index in [2.05, 4.69) is 27.8 Å². The molecule has 1 saturated heterocycles. The Balaban J connectivity index is 1.30. The van der Waals surface area contributed by atoms with E-state index in [-0.39, 0.29) is 11.9 Å². The molecule has 0 atom stereocenters. The summed E-state index contributed by atoms with van der Waals surface area (Å²) in [6.45, 7) is 12.9. The van der Waals surface area contributed by atoms with Gasteiger partial charge in [-0.05, 0) is 108 Å². The Morgan fingerprint density at radius 2 is 1.82 bits per heavy atom. The van der Waals surface area contributed by atoms with Gasteiger partial charge in [-0.3, -0.25) is 15.0 Å². The first-order chi connectivity index (χ1) is 20.9. The summed E-state index contributed by atoms with van der Waals surface area (Å²) in [5, 5.41) is 8.28. The summed E-state index contributed by atoms with van der Waals surface area (Å²) in [6, 6.07) is 12.4. The lowest BCUT2D eigenvalue weighted by Gasteiger charge is -2.32. The largest absolute Gasteiger partial charge is 0.444 e. The Labute approximate surface area is 259 Å². The highest BCUT2D eigenvalue weighted by molar-refractivity contribution is 5.98. The van der Waals surface area contributed by atoms with Crippen LogP contribution < -0.4 is 21.2 Å². The van der Waals surface area contributed by atoms with Crippen molar-refractivity contribution in [2.75, 3.05) is 32.0 Å². The minimum absolute atomic E-state index is 0.00802. The summed E-state index contributed by atoms with van der Waals surface area (Å²) < 4.78 is 21.8. The number of hydrogen-bond acceptors (Lipinski definition) is 5. The number of aromatic nitrogens is 1. The van der Waals surface area contributed by atoms with Crippen molar-refractivity contribution >= 4 is 30.0 Å². The maximum Gasteiger partial charge on any atom is 0.412 e. The van der Waals surface area contributed by atoms with E-state index >= 15 is 0 Å². The predicted molar refractivity (Wildman–Crippen MR) is 173 cm³/mol. The average molecular weight is 602 g/mol. The van der Waals surface area contributed by atoms with E-state index in [9.17, 15) is 14.0 Å². The lowest BCUT2D eigenvalue weighted by molar-refractivity contribution is 0.0635. The van der Waals surface area contributed by atoms with Gasteiger partial charge in [0.25, 0.3) is 5.91 Å². The van der Waals surface area contributed by atoms with Gasteiger partial charge < -0.3 is 19.5 Å². The molecule has 1 fully saturated rings. The van der Waals surface area contributed by atoms with Crippen LogP contribution in [0.5, 0.6) is 0 Å². The van der Waals surface area contributed by atoms with Crippen LogP contribution in [-0.2, 0) is 11.3 Å². The highest BCUT2D eigenvalue weighted by Crippen LogP contribution is 2.28. The molecule has 0 radical (unpaired) electrons. The minimum Gasteiger partial charge on any atom is -0.444 e. The molecule has 2 N–H and O–H groups in total. The molecule has 2 aromatic carbocycles. The number of amides is 2. The van der Waals surface area contributed by atoms with Crippen LogP contribution in [-0.4, -0.2) is 64.7 Å². The third kappa shape index (κ3) is 7.16. The first-order valence-corrected chi connectivity index (χ1v) is 15.4. The highest BCUT2D eigenvalue weighted by atomic mass is 19.1. The average Bonchev–Trinajstić information content (AvgIpc) is 3.36. The number of anilines is 1. The number of halogens is 1. The van der Waals surface area contributed by atoms with Crippen molar-refractivity contribution in [3.8, 4) is 5.69 Å². The Hall–Kier alpha value is -4.11. The number of carbonyl (C=O) groups excluding carboxylic acids is 2. The summed E-state index contributed by atoms with van der Waals surface area (Å²) in [6.07, 6.45) is 7.94. The number of nitrogens with one attached hydrogen (secondary N) is 2. The maximum atomic E-state index is 14.4. The molecule has 8 nitrogen and oxygen atoms in total. The van der Waals surface area contributed by atoms with Crippen molar-refractivity contribution in [2.24, 2.45) is 0 Å². The summed E-state index contributed by atoms with van der Waals surface area (Å²) in [4.78, 5) is 29.6. The van der Waals surface area contributed by atoms with Crippen LogP contribution in [0.4, 0.5) is 14.9 Å². The number of piperidine rings is 1. The Morgan fingerprint density at radius 3 is 2.48 bits per heavy atom. The molecule has 0 aliphatic carbocycles. The fourth-order valence-electron chi connectivity index (χ4n) is 5.86. The first-order valence-electron chi connectivity index (χ1n) is 15.4. The molecule has 0 bridgehead atoms. The zero-order valence-corrected chi connectivity index (χ0v) is 26.6. The predicted octanol–water partition coefficient (Wildman–Crippen LogP) is 4.95. The van der Waals surface area contributed by atoms with E-state index in [4.69, 9.17) is 4.74 Å². The number of likely N-dealkylation sites (tertiary alicyclic amines) is 1. The van der Waals surface area contributed by atoms with Crippen molar-refractivity contribution in [1.29, 1.82) is 0 Å². The van der Waals surface area contributed by atoms with Crippen molar-refractivity contribution < 1.29 is 18.7 Å². The molecule has 9 heteroatoms. The smallest absolute Gasteiger partial charge is 0.412 e. The molecular weight excluding hydrogens is 557 g/mol. The van der Waals surface area contributed by atoms with Crippen LogP contribution in [0.2, 0.25) is 0 Å². The van der Waals surface area contributed by atoms with Gasteiger partial charge in [0.05, 0.1) is 16.6 Å². The van der Waals surface area contributed by atoms with Gasteiger partial charge in [0, 0.05) is 49.5 Å². The quantitative estimate of drug-likeness (QED) is 0.401. The topological polar surface area (TPSA) is 78.8 Å². The molecule has 5 rings (SSSR count). The highest BCUT2D eigenvalue weighted by Gasteiger charge is 2.26. The molecule has 0 spiro atoms. The number of nitrogens with zero attached hydrogens (tertiary/aromatic N) is 3. The zero-order chi connectivity index (χ0) is 31.6. The van der Waals surface area contributed by atoms with Crippen LogP contribution in [0.25, 0.3) is 18.0 Å². The molecule has 3 aromatic rings. The number of ether oxygens (including phenoxy) is 1. The third-order valence-corrected chi connectivity index (χ3v) is 8.35. The van der Waals surface area contributed by atoms with Gasteiger partial charge in [-0.15, -0.1) is 0 Å². The van der Waals surface area contributed by atoms with Crippen LogP contribution >= 0.6 is 0 Å². The van der Waals surface area contributed by atoms with E-state index in [0.717, 1.165) is 44.4 Å². The van der Waals surface area contributed by atoms with E-state index in [1.165, 1.54) is 28.5 Å². The van der Waals surface area contributed by atoms with Crippen molar-refractivity contribution in [2.45, 2.75) is 71.6 Å². The van der Waals surface area contributed by atoms with Crippen LogP contribution in [0, 0.1) is 5.82 Å². The van der Waals surface area contributed by atoms with E-state index in [0.29, 0.717) is 22.9 Å². The standard InChI is InChI=1S/C35H44FN5O3/c1-23(2)39(6)33(42)29-19-26(36)9-12-31(29)41-22-30(28-13-16-37-20-32(28)41)25-14-17-40(18-15-25)21-24-7-10-27(11-8-24)38-34(43)44-35(3,4)5/h7-13,19-20,22-23,25,37H,14-18,21H2,1-6H3,(H,38,43). The van der Waals surface area contributed by atoms with Crippen molar-refractivity contribution in [3.63, 3.8) is 0 Å². The number of hydrogen-bond donors (Lipinski definition) is 2. The maximum absolute atomic E-state index is 14.4. The van der Waals surface area contributed by atoms with E-state index < -0.39 is 17.5 Å². The molecule has 2 amide bonds. The van der Waals surface area contributed by atoms with Gasteiger partial charge in [0.1, 0.15) is 11.4 Å². The molecular formula is C35H44FN5O3. The second-order valence-corrected chi connectivity index (χ2v) is 13.1. The Morgan fingerprint density at radius 1 is 1.11 bits per heavy atom. The SMILES string of the molecule is CC(C)N(C)C(=O)c1cc(F)ccc1-n1cc(C2CCN(Cc3ccc(NC(=O)OC(C)(C)C)cc3)CC2)c2c1=CNCC=2. The Kier molecular flexibility index (Phi) is 9.15. The third-order valence-electron chi connectivity index (χ3n) is 8.35. The molecule has 3 heterocycles. The van der Waals surface area contributed by atoms with E-state index in [1.54, 1.807) is 18.0 Å². The van der Waals surface area contributed by atoms with Gasteiger partial charge in [0.2, 0.25) is 0 Å². The summed E-state index contributed by atoms with van der Waals surface area (Å²) in [5.74, 6) is -0.249. The summed E-state index contributed by atoms with van der Waals surface area (Å²) in [7, 11) is 1.75. The van der Waals surface area contributed by atoms with Gasteiger partial charge in [0.15, 0.2) is 0 Å². The lowest BCUT2D eigenvalue weighted by Crippen LogP contribution is -2.39. The van der Waals surface area contributed by atoms with Gasteiger partial charge in [-0.2, -0.15) is 0 Å². The van der Waals surface area contributed by atoms with Crippen LogP contribution in [0.15, 0.2) is 48.7 Å². The van der Waals surface area contributed by atoms with Gasteiger partial charge in [-0.25, -0.2) is 9.18 Å². The second-order valence-electron chi connectivity index (χ2n) is 13.1. The minimum atomic E-state index is -0.543. The van der Waals surface area contributed by atoms with Gasteiger partial charge >= 0.3 is 6.09 Å². The number of benzene rings is 2. The second kappa shape index (κ2) is 12.9. The van der Waals surface area contributed by atoms with Crippen molar-refractivity contribution in [1.82, 2.24) is 19.7 Å². The molecule has 1 aromatic heterocycles. The fraction of sp³-hybridized carbons (Fsp3) is 0.429. The number of fused-ring (bicyclic) bond motifs is 1. The molecule has 0 saturated carbocycles. The fourth-order valence-corrected chi connectivity index (χ4v) is 5.86. The van der Waals surface area contributed by atoms with Gasteiger partial charge in [-0.1, -0.05) is 18.2 Å². The van der Waals surface area contributed by atoms with E-state index in [1.807, 2.05) is 69.7 Å². The number of rotatable bonds is 7. The monoisotopic (exact) mass is 601 g/mol. The van der Waals surface area contributed by atoms with Crippen LogP contribution in [0.1, 0.15) is 74.9 Å². The molecule has 234 valence electrons. The van der Waals surface area contributed by atoms with Crippen LogP contribution in [0.3, 0.4) is 0 Å². The number of carbonyl (C=O) groups is 2.